The highest BCUT2D eigenvalue weighted by molar-refractivity contribution is 7.80. The summed E-state index contributed by atoms with van der Waals surface area (Å²) in [7, 11) is 3.84. The van der Waals surface area contributed by atoms with E-state index >= 15 is 0 Å². The van der Waals surface area contributed by atoms with Crippen molar-refractivity contribution in [3.63, 3.8) is 0 Å². The van der Waals surface area contributed by atoms with E-state index in [1.54, 1.807) is 12.1 Å². The second-order valence-electron chi connectivity index (χ2n) is 7.75. The van der Waals surface area contributed by atoms with E-state index in [2.05, 4.69) is 17.2 Å². The highest BCUT2D eigenvalue weighted by Crippen LogP contribution is 2.38. The van der Waals surface area contributed by atoms with Gasteiger partial charge in [-0.1, -0.05) is 30.3 Å². The van der Waals surface area contributed by atoms with Gasteiger partial charge >= 0.3 is 0 Å². The number of rotatable bonds is 6. The zero-order valence-electron chi connectivity index (χ0n) is 17.6. The van der Waals surface area contributed by atoms with Gasteiger partial charge in [0, 0.05) is 41.7 Å². The highest BCUT2D eigenvalue weighted by atomic mass is 32.1. The van der Waals surface area contributed by atoms with Gasteiger partial charge in [-0.25, -0.2) is 0 Å². The first-order valence-electron chi connectivity index (χ1n) is 10.1. The molecule has 0 unspecified atom stereocenters. The van der Waals surface area contributed by atoms with Crippen molar-refractivity contribution in [2.45, 2.75) is 0 Å². The molecule has 7 heteroatoms. The lowest BCUT2D eigenvalue weighted by Gasteiger charge is -2.29. The van der Waals surface area contributed by atoms with Crippen molar-refractivity contribution in [3.05, 3.63) is 66.2 Å². The normalized spacial score (nSPS) is 13.2. The maximum absolute atomic E-state index is 13.6. The minimum absolute atomic E-state index is 0.252. The molecule has 31 heavy (non-hydrogen) atoms. The Balaban J connectivity index is 1.94. The Labute approximate surface area is 186 Å². The zero-order chi connectivity index (χ0) is 22.1. The number of fused-ring (bicyclic) bond motifs is 2. The molecule has 0 aliphatic carbocycles. The summed E-state index contributed by atoms with van der Waals surface area (Å²) in [5.74, 6) is -0.529. The smallest absolute Gasteiger partial charge is 0.262 e. The van der Waals surface area contributed by atoms with Gasteiger partial charge in [0.25, 0.3) is 11.8 Å². The summed E-state index contributed by atoms with van der Waals surface area (Å²) in [6.45, 7) is 5.13. The standard InChI is InChI=1S/C24H24N4O2S/c1-4-11-25-24(31)26-18-10-6-8-16-14-15-7-5-9-17-19(15)21(20(16)18)23(30)28(22(17)29)13-12-27(2)3/h4-10,14H,1,11-13H2,2-3H3,(H2,25,26,31). The molecule has 2 N–H and O–H groups in total. The third-order valence-corrected chi connectivity index (χ3v) is 5.61. The quantitative estimate of drug-likeness (QED) is 0.268. The number of carbonyl (C=O) groups is 2. The van der Waals surface area contributed by atoms with Gasteiger partial charge in [-0.3, -0.25) is 14.5 Å². The largest absolute Gasteiger partial charge is 0.359 e. The van der Waals surface area contributed by atoms with Crippen LogP contribution in [0.15, 0.2) is 55.1 Å². The van der Waals surface area contributed by atoms with E-state index in [0.29, 0.717) is 41.3 Å². The van der Waals surface area contributed by atoms with E-state index in [1.165, 1.54) is 4.90 Å². The average molecular weight is 433 g/mol. The highest BCUT2D eigenvalue weighted by Gasteiger charge is 2.34. The van der Waals surface area contributed by atoms with Crippen LogP contribution in [0.1, 0.15) is 20.7 Å². The molecule has 0 bridgehead atoms. The molecule has 1 aliphatic heterocycles. The van der Waals surface area contributed by atoms with Crippen molar-refractivity contribution in [1.82, 2.24) is 15.1 Å². The number of carbonyl (C=O) groups excluding carboxylic acids is 2. The first-order valence-corrected chi connectivity index (χ1v) is 10.5. The van der Waals surface area contributed by atoms with Gasteiger partial charge < -0.3 is 15.5 Å². The van der Waals surface area contributed by atoms with Gasteiger partial charge in [0.05, 0.1) is 5.56 Å². The van der Waals surface area contributed by atoms with E-state index in [4.69, 9.17) is 12.2 Å². The summed E-state index contributed by atoms with van der Waals surface area (Å²) in [6, 6.07) is 13.4. The molecule has 6 nitrogen and oxygen atoms in total. The monoisotopic (exact) mass is 432 g/mol. The average Bonchev–Trinajstić information content (AvgIpc) is 2.74. The molecule has 0 saturated carbocycles. The fourth-order valence-electron chi connectivity index (χ4n) is 3.93. The topological polar surface area (TPSA) is 64.7 Å². The van der Waals surface area contributed by atoms with Crippen LogP contribution in [-0.4, -0.2) is 60.5 Å². The number of anilines is 1. The molecular weight excluding hydrogens is 408 g/mol. The molecular formula is C24H24N4O2S. The van der Waals surface area contributed by atoms with Gasteiger partial charge in [-0.2, -0.15) is 0 Å². The van der Waals surface area contributed by atoms with Crippen LogP contribution < -0.4 is 10.6 Å². The number of imide groups is 1. The number of hydrogen-bond acceptors (Lipinski definition) is 4. The van der Waals surface area contributed by atoms with Gasteiger partial charge in [0.2, 0.25) is 0 Å². The molecule has 0 spiro atoms. The van der Waals surface area contributed by atoms with E-state index in [0.717, 1.165) is 21.8 Å². The molecule has 3 aromatic rings. The van der Waals surface area contributed by atoms with Crippen molar-refractivity contribution in [2.75, 3.05) is 39.0 Å². The Morgan fingerprint density at radius 2 is 1.81 bits per heavy atom. The van der Waals surface area contributed by atoms with Crippen LogP contribution in [0.25, 0.3) is 21.5 Å². The van der Waals surface area contributed by atoms with Crippen LogP contribution in [0.5, 0.6) is 0 Å². The van der Waals surface area contributed by atoms with Crippen molar-refractivity contribution < 1.29 is 9.59 Å². The molecule has 1 heterocycles. The van der Waals surface area contributed by atoms with E-state index < -0.39 is 0 Å². The van der Waals surface area contributed by atoms with E-state index in [-0.39, 0.29) is 11.8 Å². The maximum Gasteiger partial charge on any atom is 0.262 e. The Kier molecular flexibility index (Phi) is 5.71. The van der Waals surface area contributed by atoms with Crippen LogP contribution >= 0.6 is 12.2 Å². The minimum Gasteiger partial charge on any atom is -0.359 e. The summed E-state index contributed by atoms with van der Waals surface area (Å²) in [6.07, 6.45) is 1.72. The molecule has 0 fully saturated rings. The molecule has 2 amide bonds. The number of hydrogen-bond donors (Lipinski definition) is 2. The molecule has 0 aromatic heterocycles. The van der Waals surface area contributed by atoms with Crippen LogP contribution in [0.4, 0.5) is 5.69 Å². The van der Waals surface area contributed by atoms with Crippen molar-refractivity contribution >= 4 is 56.4 Å². The molecule has 1 aliphatic rings. The number of benzene rings is 3. The summed E-state index contributed by atoms with van der Waals surface area (Å²) < 4.78 is 0. The molecule has 158 valence electrons. The van der Waals surface area contributed by atoms with Crippen LogP contribution in [0.2, 0.25) is 0 Å². The van der Waals surface area contributed by atoms with E-state index in [9.17, 15) is 9.59 Å². The van der Waals surface area contributed by atoms with Crippen molar-refractivity contribution in [3.8, 4) is 0 Å². The lowest BCUT2D eigenvalue weighted by molar-refractivity contribution is 0.0602. The molecule has 0 saturated heterocycles. The third-order valence-electron chi connectivity index (χ3n) is 5.36. The summed E-state index contributed by atoms with van der Waals surface area (Å²) in [5, 5.41) is 9.95. The Morgan fingerprint density at radius 1 is 1.10 bits per heavy atom. The van der Waals surface area contributed by atoms with Gasteiger partial charge in [0.1, 0.15) is 0 Å². The fourth-order valence-corrected chi connectivity index (χ4v) is 4.13. The second-order valence-corrected chi connectivity index (χ2v) is 8.16. The van der Waals surface area contributed by atoms with Gasteiger partial charge in [0.15, 0.2) is 5.11 Å². The van der Waals surface area contributed by atoms with Crippen LogP contribution in [0.3, 0.4) is 0 Å². The number of amides is 2. The van der Waals surface area contributed by atoms with E-state index in [1.807, 2.05) is 55.4 Å². The molecule has 4 rings (SSSR count). The Hall–Kier alpha value is -3.29. The molecule has 0 radical (unpaired) electrons. The Bertz CT molecular complexity index is 1240. The predicted molar refractivity (Wildman–Crippen MR) is 130 cm³/mol. The van der Waals surface area contributed by atoms with Crippen molar-refractivity contribution in [1.29, 1.82) is 0 Å². The van der Waals surface area contributed by atoms with Gasteiger partial charge in [-0.15, -0.1) is 6.58 Å². The lowest BCUT2D eigenvalue weighted by Crippen LogP contribution is -2.43. The number of nitrogens with one attached hydrogen (secondary N) is 2. The zero-order valence-corrected chi connectivity index (χ0v) is 18.4. The number of nitrogens with zero attached hydrogens (tertiary/aromatic N) is 2. The fraction of sp³-hybridized carbons (Fsp3) is 0.208. The minimum atomic E-state index is -0.277. The Morgan fingerprint density at radius 3 is 2.52 bits per heavy atom. The first-order chi connectivity index (χ1) is 14.9. The second kappa shape index (κ2) is 8.45. The maximum atomic E-state index is 13.6. The predicted octanol–water partition coefficient (Wildman–Crippen LogP) is 3.62. The molecule has 3 aromatic carbocycles. The summed E-state index contributed by atoms with van der Waals surface area (Å²) >= 11 is 5.40. The van der Waals surface area contributed by atoms with Gasteiger partial charge in [-0.05, 0) is 55.3 Å². The first kappa shape index (κ1) is 21.0. The van der Waals surface area contributed by atoms with Crippen LogP contribution in [0, 0.1) is 0 Å². The van der Waals surface area contributed by atoms with Crippen LogP contribution in [-0.2, 0) is 0 Å². The summed E-state index contributed by atoms with van der Waals surface area (Å²) in [5.41, 5.74) is 1.81. The SMILES string of the molecule is C=CCNC(=S)Nc1cccc2cc3cccc4c3c(c12)C(=O)N(CCN(C)C)C4=O. The number of thiocarbonyl (C=S) groups is 1. The number of likely N-dealkylation sites (N-methyl/N-ethyl adjacent to an activating group) is 1. The summed E-state index contributed by atoms with van der Waals surface area (Å²) in [4.78, 5) is 30.1. The van der Waals surface area contributed by atoms with Crippen molar-refractivity contribution in [2.24, 2.45) is 0 Å². The molecule has 0 atom stereocenters. The third kappa shape index (κ3) is 3.78. The lowest BCUT2D eigenvalue weighted by atomic mass is 9.89.